The van der Waals surface area contributed by atoms with Gasteiger partial charge < -0.3 is 0 Å². The van der Waals surface area contributed by atoms with E-state index in [4.69, 9.17) is 5.26 Å². The number of rotatable bonds is 4. The summed E-state index contributed by atoms with van der Waals surface area (Å²) in [7, 11) is 0. The largest absolute Gasteiger partial charge is 0.289 e. The maximum Gasteiger partial charge on any atom is 0.185 e. The molecular formula is C19H13N3O. The minimum absolute atomic E-state index is 0.144. The zero-order valence-corrected chi connectivity index (χ0v) is 12.3. The summed E-state index contributed by atoms with van der Waals surface area (Å²) in [6, 6.07) is 18.4. The number of carbonyl (C=O) groups is 1. The maximum absolute atomic E-state index is 12.1. The van der Waals surface area contributed by atoms with Gasteiger partial charge in [-0.2, -0.15) is 10.4 Å². The zero-order valence-electron chi connectivity index (χ0n) is 12.3. The highest BCUT2D eigenvalue weighted by atomic mass is 16.1. The second-order valence-electron chi connectivity index (χ2n) is 4.94. The van der Waals surface area contributed by atoms with Crippen LogP contribution < -0.4 is 0 Å². The third-order valence-electron chi connectivity index (χ3n) is 3.33. The van der Waals surface area contributed by atoms with Gasteiger partial charge in [0.25, 0.3) is 0 Å². The van der Waals surface area contributed by atoms with E-state index in [1.807, 2.05) is 42.6 Å². The molecule has 0 bridgehead atoms. The third kappa shape index (κ3) is 3.42. The van der Waals surface area contributed by atoms with E-state index in [-0.39, 0.29) is 5.78 Å². The molecule has 0 saturated heterocycles. The first-order valence-electron chi connectivity index (χ1n) is 7.09. The molecule has 3 rings (SSSR count). The minimum Gasteiger partial charge on any atom is -0.289 e. The van der Waals surface area contributed by atoms with E-state index in [9.17, 15) is 4.79 Å². The molecule has 0 atom stereocenters. The van der Waals surface area contributed by atoms with Crippen LogP contribution in [0.1, 0.15) is 21.5 Å². The Morgan fingerprint density at radius 3 is 2.74 bits per heavy atom. The zero-order chi connectivity index (χ0) is 16.1. The summed E-state index contributed by atoms with van der Waals surface area (Å²) in [5, 5.41) is 13.1. The van der Waals surface area contributed by atoms with E-state index in [0.29, 0.717) is 11.1 Å². The van der Waals surface area contributed by atoms with Gasteiger partial charge in [-0.05, 0) is 36.4 Å². The van der Waals surface area contributed by atoms with Crippen molar-refractivity contribution in [2.45, 2.75) is 0 Å². The van der Waals surface area contributed by atoms with Crippen molar-refractivity contribution < 1.29 is 4.79 Å². The molecule has 0 fully saturated rings. The molecule has 3 aromatic rings. The lowest BCUT2D eigenvalue weighted by Gasteiger charge is -1.98. The van der Waals surface area contributed by atoms with Crippen molar-refractivity contribution in [2.24, 2.45) is 0 Å². The maximum atomic E-state index is 12.1. The summed E-state index contributed by atoms with van der Waals surface area (Å²) in [5.74, 6) is -0.144. The third-order valence-corrected chi connectivity index (χ3v) is 3.33. The first kappa shape index (κ1) is 14.5. The molecule has 0 saturated carbocycles. The molecule has 0 spiro atoms. The average Bonchev–Trinajstić information content (AvgIpc) is 3.09. The fraction of sp³-hybridized carbons (Fsp3) is 0. The molecule has 0 radical (unpaired) electrons. The SMILES string of the molecule is N#Cc1cccc(C(=O)C=Cc2cnn(-c3ccccc3)c2)c1. The normalized spacial score (nSPS) is 10.6. The summed E-state index contributed by atoms with van der Waals surface area (Å²) in [6.07, 6.45) is 6.75. The highest BCUT2D eigenvalue weighted by molar-refractivity contribution is 6.06. The summed E-state index contributed by atoms with van der Waals surface area (Å²) < 4.78 is 1.75. The molecule has 0 aliphatic rings. The van der Waals surface area contributed by atoms with Crippen LogP contribution in [0.25, 0.3) is 11.8 Å². The number of aromatic nitrogens is 2. The van der Waals surface area contributed by atoms with Gasteiger partial charge in [0.1, 0.15) is 0 Å². The van der Waals surface area contributed by atoms with Gasteiger partial charge in [-0.1, -0.05) is 30.3 Å². The Morgan fingerprint density at radius 1 is 1.13 bits per heavy atom. The smallest absolute Gasteiger partial charge is 0.185 e. The van der Waals surface area contributed by atoms with Crippen LogP contribution in [0.2, 0.25) is 0 Å². The van der Waals surface area contributed by atoms with Crippen molar-refractivity contribution in [3.05, 3.63) is 89.8 Å². The van der Waals surface area contributed by atoms with Crippen LogP contribution in [0.15, 0.2) is 73.1 Å². The Morgan fingerprint density at radius 2 is 1.96 bits per heavy atom. The van der Waals surface area contributed by atoms with Gasteiger partial charge >= 0.3 is 0 Å². The van der Waals surface area contributed by atoms with Crippen molar-refractivity contribution in [3.8, 4) is 11.8 Å². The van der Waals surface area contributed by atoms with E-state index in [0.717, 1.165) is 11.3 Å². The second-order valence-corrected chi connectivity index (χ2v) is 4.94. The second kappa shape index (κ2) is 6.54. The number of nitriles is 1. The first-order chi connectivity index (χ1) is 11.3. The van der Waals surface area contributed by atoms with Crippen molar-refractivity contribution in [3.63, 3.8) is 0 Å². The molecule has 0 aliphatic heterocycles. The Balaban J connectivity index is 1.77. The molecule has 1 aromatic heterocycles. The molecular weight excluding hydrogens is 286 g/mol. The number of para-hydroxylation sites is 1. The molecule has 4 nitrogen and oxygen atoms in total. The highest BCUT2D eigenvalue weighted by Gasteiger charge is 2.03. The van der Waals surface area contributed by atoms with E-state index in [1.54, 1.807) is 41.2 Å². The summed E-state index contributed by atoms with van der Waals surface area (Å²) in [5.41, 5.74) is 2.76. The number of allylic oxidation sites excluding steroid dienone is 1. The van der Waals surface area contributed by atoms with Gasteiger partial charge in [-0.25, -0.2) is 4.68 Å². The van der Waals surface area contributed by atoms with Gasteiger partial charge in [0.15, 0.2) is 5.78 Å². The lowest BCUT2D eigenvalue weighted by atomic mass is 10.1. The topological polar surface area (TPSA) is 58.7 Å². The molecule has 110 valence electrons. The number of ketones is 1. The minimum atomic E-state index is -0.144. The van der Waals surface area contributed by atoms with E-state index < -0.39 is 0 Å². The molecule has 0 aliphatic carbocycles. The van der Waals surface area contributed by atoms with Crippen molar-refractivity contribution in [1.29, 1.82) is 5.26 Å². The molecule has 0 unspecified atom stereocenters. The van der Waals surface area contributed by atoms with Crippen LogP contribution in [0.4, 0.5) is 0 Å². The van der Waals surface area contributed by atoms with Gasteiger partial charge in [-0.3, -0.25) is 4.79 Å². The lowest BCUT2D eigenvalue weighted by Crippen LogP contribution is -1.94. The highest BCUT2D eigenvalue weighted by Crippen LogP contribution is 2.10. The van der Waals surface area contributed by atoms with E-state index >= 15 is 0 Å². The number of hydrogen-bond acceptors (Lipinski definition) is 3. The van der Waals surface area contributed by atoms with Crippen LogP contribution >= 0.6 is 0 Å². The van der Waals surface area contributed by atoms with Crippen LogP contribution in [0.3, 0.4) is 0 Å². The van der Waals surface area contributed by atoms with Crippen molar-refractivity contribution in [1.82, 2.24) is 9.78 Å². The number of carbonyl (C=O) groups excluding carboxylic acids is 1. The number of benzene rings is 2. The predicted octanol–water partition coefficient (Wildman–Crippen LogP) is 3.64. The molecule has 4 heteroatoms. The lowest BCUT2D eigenvalue weighted by molar-refractivity contribution is 0.104. The van der Waals surface area contributed by atoms with Crippen LogP contribution in [-0.4, -0.2) is 15.6 Å². The summed E-state index contributed by atoms with van der Waals surface area (Å²) in [6.45, 7) is 0. The van der Waals surface area contributed by atoms with E-state index in [2.05, 4.69) is 5.10 Å². The average molecular weight is 299 g/mol. The van der Waals surface area contributed by atoms with E-state index in [1.165, 1.54) is 6.08 Å². The van der Waals surface area contributed by atoms with Crippen LogP contribution in [0, 0.1) is 11.3 Å². The Hall–Kier alpha value is -3.45. The van der Waals surface area contributed by atoms with Gasteiger partial charge in [0.2, 0.25) is 0 Å². The Bertz CT molecular complexity index is 902. The standard InChI is InChI=1S/C19H13N3O/c20-12-15-5-4-6-17(11-15)19(23)10-9-16-13-21-22(14-16)18-7-2-1-3-8-18/h1-11,13-14H. The van der Waals surface area contributed by atoms with Crippen LogP contribution in [0.5, 0.6) is 0 Å². The number of hydrogen-bond donors (Lipinski definition) is 0. The Kier molecular flexibility index (Phi) is 4.12. The Labute approximate surface area is 133 Å². The van der Waals surface area contributed by atoms with Crippen molar-refractivity contribution >= 4 is 11.9 Å². The summed E-state index contributed by atoms with van der Waals surface area (Å²) >= 11 is 0. The first-order valence-corrected chi connectivity index (χ1v) is 7.09. The van der Waals surface area contributed by atoms with Gasteiger partial charge in [0, 0.05) is 17.3 Å². The molecule has 1 heterocycles. The van der Waals surface area contributed by atoms with Crippen LogP contribution in [-0.2, 0) is 0 Å². The fourth-order valence-electron chi connectivity index (χ4n) is 2.15. The van der Waals surface area contributed by atoms with Gasteiger partial charge in [-0.15, -0.1) is 0 Å². The molecule has 0 N–H and O–H groups in total. The quantitative estimate of drug-likeness (QED) is 0.546. The molecule has 23 heavy (non-hydrogen) atoms. The fourth-order valence-corrected chi connectivity index (χ4v) is 2.15. The molecule has 2 aromatic carbocycles. The summed E-state index contributed by atoms with van der Waals surface area (Å²) in [4.78, 5) is 12.1. The van der Waals surface area contributed by atoms with Gasteiger partial charge in [0.05, 0.1) is 23.5 Å². The predicted molar refractivity (Wildman–Crippen MR) is 88.1 cm³/mol. The number of nitrogens with zero attached hydrogens (tertiary/aromatic N) is 3. The van der Waals surface area contributed by atoms with Crippen molar-refractivity contribution in [2.75, 3.05) is 0 Å². The molecule has 0 amide bonds. The monoisotopic (exact) mass is 299 g/mol.